The first-order chi connectivity index (χ1) is 6.32. The Balaban J connectivity index is 3.08. The molecule has 1 atom stereocenters. The first-order valence-electron chi connectivity index (χ1n) is 3.83. The highest BCUT2D eigenvalue weighted by atomic mass is 35.5. The van der Waals surface area contributed by atoms with Crippen LogP contribution in [0.5, 0.6) is 0 Å². The third-order valence-electron chi connectivity index (χ3n) is 1.84. The van der Waals surface area contributed by atoms with Gasteiger partial charge in [0.25, 0.3) is 0 Å². The number of hydrogen-bond donors (Lipinski definition) is 1. The summed E-state index contributed by atoms with van der Waals surface area (Å²) in [5.74, 6) is 0. The van der Waals surface area contributed by atoms with E-state index in [-0.39, 0.29) is 5.56 Å². The van der Waals surface area contributed by atoms with Gasteiger partial charge in [0.05, 0.1) is 0 Å². The molecule has 0 saturated heterocycles. The topological polar surface area (TPSA) is 20.2 Å². The summed E-state index contributed by atoms with van der Waals surface area (Å²) in [5, 5.41) is 9.31. The fraction of sp³-hybridized carbons (Fsp3) is 0.333. The van der Waals surface area contributed by atoms with Crippen molar-refractivity contribution in [1.82, 2.24) is 0 Å². The first-order valence-corrected chi connectivity index (χ1v) is 4.21. The Morgan fingerprint density at radius 2 is 1.93 bits per heavy atom. The monoisotopic (exact) mass is 224 g/mol. The van der Waals surface area contributed by atoms with Crippen molar-refractivity contribution < 1.29 is 18.3 Å². The summed E-state index contributed by atoms with van der Waals surface area (Å²) < 4.78 is 36.4. The molecule has 0 aliphatic carbocycles. The van der Waals surface area contributed by atoms with Crippen molar-refractivity contribution in [2.24, 2.45) is 0 Å². The second-order valence-electron chi connectivity index (χ2n) is 2.95. The summed E-state index contributed by atoms with van der Waals surface area (Å²) >= 11 is 5.57. The van der Waals surface area contributed by atoms with Crippen molar-refractivity contribution in [3.05, 3.63) is 34.3 Å². The Morgan fingerprint density at radius 3 is 2.36 bits per heavy atom. The molecule has 0 aliphatic heterocycles. The van der Waals surface area contributed by atoms with E-state index in [4.69, 9.17) is 16.7 Å². The maximum Gasteiger partial charge on any atom is 0.418 e. The van der Waals surface area contributed by atoms with Gasteiger partial charge in [0.15, 0.2) is 6.10 Å². The van der Waals surface area contributed by atoms with Crippen LogP contribution in [0.3, 0.4) is 0 Å². The van der Waals surface area contributed by atoms with Crippen LogP contribution < -0.4 is 0 Å². The molecule has 78 valence electrons. The Hall–Kier alpha value is -0.740. The van der Waals surface area contributed by atoms with Gasteiger partial charge in [-0.25, -0.2) is 0 Å². The van der Waals surface area contributed by atoms with E-state index in [9.17, 15) is 13.2 Å². The highest BCUT2D eigenvalue weighted by molar-refractivity contribution is 6.30. The third-order valence-corrected chi connectivity index (χ3v) is 2.07. The summed E-state index contributed by atoms with van der Waals surface area (Å²) in [4.78, 5) is 0. The summed E-state index contributed by atoms with van der Waals surface area (Å²) in [6, 6.07) is 3.88. The molecule has 0 unspecified atom stereocenters. The zero-order valence-corrected chi connectivity index (χ0v) is 8.02. The Morgan fingerprint density at radius 1 is 1.36 bits per heavy atom. The fourth-order valence-electron chi connectivity index (χ4n) is 1.12. The zero-order valence-electron chi connectivity index (χ0n) is 7.27. The van der Waals surface area contributed by atoms with Crippen LogP contribution in [0.2, 0.25) is 5.02 Å². The third kappa shape index (κ3) is 2.39. The van der Waals surface area contributed by atoms with Gasteiger partial charge in [-0.15, -0.1) is 0 Å². The van der Waals surface area contributed by atoms with Crippen LogP contribution in [0, 0.1) is 6.92 Å². The highest BCUT2D eigenvalue weighted by Gasteiger charge is 2.39. The van der Waals surface area contributed by atoms with E-state index in [1.807, 2.05) is 0 Å². The number of rotatable bonds is 1. The van der Waals surface area contributed by atoms with E-state index in [2.05, 4.69) is 0 Å². The van der Waals surface area contributed by atoms with Crippen molar-refractivity contribution in [3.8, 4) is 0 Å². The Labute approximate surface area is 84.1 Å². The molecule has 1 nitrogen and oxygen atoms in total. The molecule has 0 fully saturated rings. The van der Waals surface area contributed by atoms with Crippen LogP contribution in [0.4, 0.5) is 13.2 Å². The van der Waals surface area contributed by atoms with Gasteiger partial charge in [0.2, 0.25) is 0 Å². The number of hydrogen-bond acceptors (Lipinski definition) is 1. The molecule has 0 amide bonds. The van der Waals surface area contributed by atoms with Gasteiger partial charge in [-0.3, -0.25) is 0 Å². The molecule has 1 aromatic carbocycles. The van der Waals surface area contributed by atoms with E-state index in [0.717, 1.165) is 0 Å². The Bertz CT molecular complexity index is 335. The predicted molar refractivity (Wildman–Crippen MR) is 47.2 cm³/mol. The molecule has 14 heavy (non-hydrogen) atoms. The SMILES string of the molecule is Cc1cc(Cl)ccc1[C@H](O)C(F)(F)F. The zero-order chi connectivity index (χ0) is 10.9. The number of halogens is 4. The minimum Gasteiger partial charge on any atom is -0.379 e. The quantitative estimate of drug-likeness (QED) is 0.777. The standard InChI is InChI=1S/C9H8ClF3O/c1-5-4-6(10)2-3-7(5)8(14)9(11,12)13/h2-4,8,14H,1H3/t8-/m0/s1. The summed E-state index contributed by atoms with van der Waals surface area (Å²) in [5.41, 5.74) is 0.157. The lowest BCUT2D eigenvalue weighted by molar-refractivity contribution is -0.206. The van der Waals surface area contributed by atoms with Gasteiger partial charge in [0, 0.05) is 5.02 Å². The number of aliphatic hydroxyl groups excluding tert-OH is 1. The average molecular weight is 225 g/mol. The van der Waals surface area contributed by atoms with E-state index in [1.165, 1.54) is 25.1 Å². The molecule has 0 aromatic heterocycles. The second kappa shape index (κ2) is 3.79. The van der Waals surface area contributed by atoms with Crippen molar-refractivity contribution >= 4 is 11.6 Å². The smallest absolute Gasteiger partial charge is 0.379 e. The molecule has 0 radical (unpaired) electrons. The van der Waals surface area contributed by atoms with Gasteiger partial charge in [-0.1, -0.05) is 17.7 Å². The van der Waals surface area contributed by atoms with Crippen molar-refractivity contribution in [2.45, 2.75) is 19.2 Å². The molecular formula is C9H8ClF3O. The maximum absolute atomic E-state index is 12.1. The molecule has 1 rings (SSSR count). The van der Waals surface area contributed by atoms with E-state index in [1.54, 1.807) is 0 Å². The fourth-order valence-corrected chi connectivity index (χ4v) is 1.35. The molecule has 0 spiro atoms. The summed E-state index contributed by atoms with van der Waals surface area (Å²) in [6.07, 6.45) is -7.08. The van der Waals surface area contributed by atoms with Crippen LogP contribution in [-0.4, -0.2) is 11.3 Å². The van der Waals surface area contributed by atoms with Crippen LogP contribution in [0.1, 0.15) is 17.2 Å². The van der Waals surface area contributed by atoms with Gasteiger partial charge in [0.1, 0.15) is 0 Å². The minimum absolute atomic E-state index is 0.165. The number of alkyl halides is 3. The molecule has 5 heteroatoms. The number of benzene rings is 1. The van der Waals surface area contributed by atoms with Crippen molar-refractivity contribution in [2.75, 3.05) is 0 Å². The molecule has 0 saturated carbocycles. The lowest BCUT2D eigenvalue weighted by Gasteiger charge is -2.16. The van der Waals surface area contributed by atoms with E-state index < -0.39 is 12.3 Å². The largest absolute Gasteiger partial charge is 0.418 e. The minimum atomic E-state index is -4.64. The van der Waals surface area contributed by atoms with Gasteiger partial charge in [-0.05, 0) is 30.2 Å². The number of aliphatic hydroxyl groups is 1. The molecular weight excluding hydrogens is 217 g/mol. The molecule has 0 heterocycles. The normalized spacial score (nSPS) is 14.1. The van der Waals surface area contributed by atoms with Crippen LogP contribution in [0.15, 0.2) is 18.2 Å². The molecule has 1 N–H and O–H groups in total. The van der Waals surface area contributed by atoms with Crippen molar-refractivity contribution in [1.29, 1.82) is 0 Å². The second-order valence-corrected chi connectivity index (χ2v) is 3.38. The summed E-state index contributed by atoms with van der Waals surface area (Å²) in [6.45, 7) is 1.47. The van der Waals surface area contributed by atoms with E-state index in [0.29, 0.717) is 10.6 Å². The molecule has 1 aromatic rings. The maximum atomic E-state index is 12.1. The Kier molecular flexibility index (Phi) is 3.07. The highest BCUT2D eigenvalue weighted by Crippen LogP contribution is 2.34. The number of aryl methyl sites for hydroxylation is 1. The average Bonchev–Trinajstić information content (AvgIpc) is 2.01. The van der Waals surface area contributed by atoms with Gasteiger partial charge < -0.3 is 5.11 Å². The van der Waals surface area contributed by atoms with Crippen LogP contribution in [0.25, 0.3) is 0 Å². The summed E-state index contributed by atoms with van der Waals surface area (Å²) in [7, 11) is 0. The lowest BCUT2D eigenvalue weighted by Crippen LogP contribution is -2.20. The van der Waals surface area contributed by atoms with E-state index >= 15 is 0 Å². The van der Waals surface area contributed by atoms with Gasteiger partial charge >= 0.3 is 6.18 Å². The predicted octanol–water partition coefficient (Wildman–Crippen LogP) is 3.24. The molecule has 0 aliphatic rings. The molecule has 0 bridgehead atoms. The first kappa shape index (κ1) is 11.3. The van der Waals surface area contributed by atoms with Gasteiger partial charge in [-0.2, -0.15) is 13.2 Å². The lowest BCUT2D eigenvalue weighted by atomic mass is 10.0. The van der Waals surface area contributed by atoms with Crippen LogP contribution >= 0.6 is 11.6 Å². The van der Waals surface area contributed by atoms with Crippen LogP contribution in [-0.2, 0) is 0 Å². The van der Waals surface area contributed by atoms with Crippen molar-refractivity contribution in [3.63, 3.8) is 0 Å².